The standard InChI is InChI=1S/C20H22N4O2/c1-16(17-6-3-2-4-7-17)26-13-5-10-22-20(25)18-8-9-19(23-14-18)24-12-11-21-15-24/h2-4,6-9,11-12,14-16H,5,10,13H2,1H3,(H,22,25). The molecule has 6 heteroatoms. The molecule has 0 saturated carbocycles. The lowest BCUT2D eigenvalue weighted by molar-refractivity contribution is 0.0635. The number of nitrogens with one attached hydrogen (secondary N) is 1. The van der Waals surface area contributed by atoms with Crippen molar-refractivity contribution in [3.63, 3.8) is 0 Å². The van der Waals surface area contributed by atoms with Gasteiger partial charge in [-0.25, -0.2) is 9.97 Å². The van der Waals surface area contributed by atoms with Crippen LogP contribution < -0.4 is 5.32 Å². The second-order valence-corrected chi connectivity index (χ2v) is 5.91. The lowest BCUT2D eigenvalue weighted by atomic mass is 10.1. The van der Waals surface area contributed by atoms with Gasteiger partial charge in [0, 0.05) is 31.7 Å². The number of nitrogens with zero attached hydrogens (tertiary/aromatic N) is 3. The molecule has 0 bridgehead atoms. The highest BCUT2D eigenvalue weighted by molar-refractivity contribution is 5.93. The smallest absolute Gasteiger partial charge is 0.252 e. The average Bonchev–Trinajstić information content (AvgIpc) is 3.23. The van der Waals surface area contributed by atoms with E-state index in [-0.39, 0.29) is 12.0 Å². The molecule has 0 aliphatic carbocycles. The average molecular weight is 350 g/mol. The zero-order valence-corrected chi connectivity index (χ0v) is 14.7. The summed E-state index contributed by atoms with van der Waals surface area (Å²) in [5.74, 6) is 0.591. The number of pyridine rings is 1. The highest BCUT2D eigenvalue weighted by Crippen LogP contribution is 2.15. The molecular weight excluding hydrogens is 328 g/mol. The fourth-order valence-corrected chi connectivity index (χ4v) is 2.52. The number of imidazole rings is 1. The third-order valence-corrected chi connectivity index (χ3v) is 4.02. The summed E-state index contributed by atoms with van der Waals surface area (Å²) in [6, 6.07) is 13.6. The van der Waals surface area contributed by atoms with Crippen LogP contribution in [0.2, 0.25) is 0 Å². The van der Waals surface area contributed by atoms with Crippen LogP contribution in [0.15, 0.2) is 67.4 Å². The zero-order chi connectivity index (χ0) is 18.2. The van der Waals surface area contributed by atoms with Crippen LogP contribution in [0.1, 0.15) is 35.4 Å². The molecule has 3 aromatic rings. The van der Waals surface area contributed by atoms with Crippen molar-refractivity contribution >= 4 is 5.91 Å². The molecule has 1 unspecified atom stereocenters. The minimum absolute atomic E-state index is 0.0480. The first kappa shape index (κ1) is 17.8. The maximum absolute atomic E-state index is 12.1. The fraction of sp³-hybridized carbons (Fsp3) is 0.250. The summed E-state index contributed by atoms with van der Waals surface area (Å²) in [5.41, 5.74) is 1.69. The number of aromatic nitrogens is 3. The molecule has 1 amide bonds. The van der Waals surface area contributed by atoms with E-state index < -0.39 is 0 Å². The predicted octanol–water partition coefficient (Wildman–Crippen LogP) is 3.17. The third kappa shape index (κ3) is 4.77. The number of ether oxygens (including phenoxy) is 1. The Morgan fingerprint density at radius 1 is 1.23 bits per heavy atom. The van der Waals surface area contributed by atoms with E-state index in [1.165, 1.54) is 0 Å². The molecule has 1 atom stereocenters. The van der Waals surface area contributed by atoms with E-state index >= 15 is 0 Å². The predicted molar refractivity (Wildman–Crippen MR) is 99.1 cm³/mol. The minimum atomic E-state index is -0.134. The molecule has 0 radical (unpaired) electrons. The van der Waals surface area contributed by atoms with Crippen LogP contribution in [-0.2, 0) is 4.74 Å². The van der Waals surface area contributed by atoms with Gasteiger partial charge < -0.3 is 10.1 Å². The van der Waals surface area contributed by atoms with E-state index in [9.17, 15) is 4.79 Å². The summed E-state index contributed by atoms with van der Waals surface area (Å²) in [5, 5.41) is 2.89. The molecule has 0 aliphatic heterocycles. The van der Waals surface area contributed by atoms with Gasteiger partial charge in [0.2, 0.25) is 0 Å². The van der Waals surface area contributed by atoms with Crippen molar-refractivity contribution in [1.29, 1.82) is 0 Å². The SMILES string of the molecule is CC(OCCCNC(=O)c1ccc(-n2ccnc2)nc1)c1ccccc1. The van der Waals surface area contributed by atoms with Gasteiger partial charge in [-0.2, -0.15) is 0 Å². The van der Waals surface area contributed by atoms with E-state index in [0.717, 1.165) is 17.8 Å². The number of carbonyl (C=O) groups is 1. The first-order chi connectivity index (χ1) is 12.7. The summed E-state index contributed by atoms with van der Waals surface area (Å²) >= 11 is 0. The highest BCUT2D eigenvalue weighted by Gasteiger charge is 2.07. The number of hydrogen-bond acceptors (Lipinski definition) is 4. The summed E-state index contributed by atoms with van der Waals surface area (Å²) in [6.07, 6.45) is 7.52. The number of carbonyl (C=O) groups excluding carboxylic acids is 1. The first-order valence-corrected chi connectivity index (χ1v) is 8.63. The van der Waals surface area contributed by atoms with Crippen LogP contribution in [0.5, 0.6) is 0 Å². The van der Waals surface area contributed by atoms with Gasteiger partial charge in [-0.05, 0) is 31.0 Å². The van der Waals surface area contributed by atoms with Crippen molar-refractivity contribution in [2.75, 3.05) is 13.2 Å². The lowest BCUT2D eigenvalue weighted by Gasteiger charge is -2.13. The topological polar surface area (TPSA) is 69.0 Å². The van der Waals surface area contributed by atoms with E-state index in [1.807, 2.05) is 37.3 Å². The van der Waals surface area contributed by atoms with Gasteiger partial charge in [-0.15, -0.1) is 0 Å². The molecule has 0 spiro atoms. The van der Waals surface area contributed by atoms with Gasteiger partial charge >= 0.3 is 0 Å². The van der Waals surface area contributed by atoms with E-state index in [2.05, 4.69) is 15.3 Å². The number of rotatable bonds is 8. The molecule has 2 heterocycles. The summed E-state index contributed by atoms with van der Waals surface area (Å²) in [4.78, 5) is 20.4. The molecule has 2 aromatic heterocycles. The van der Waals surface area contributed by atoms with Gasteiger partial charge in [0.05, 0.1) is 11.7 Å². The summed E-state index contributed by atoms with van der Waals surface area (Å²) in [7, 11) is 0. The van der Waals surface area contributed by atoms with Crippen molar-refractivity contribution in [3.05, 3.63) is 78.5 Å². The van der Waals surface area contributed by atoms with E-state index in [1.54, 1.807) is 41.6 Å². The van der Waals surface area contributed by atoms with Crippen molar-refractivity contribution in [3.8, 4) is 5.82 Å². The van der Waals surface area contributed by atoms with Gasteiger partial charge in [0.15, 0.2) is 0 Å². The fourth-order valence-electron chi connectivity index (χ4n) is 2.52. The molecule has 0 saturated heterocycles. The molecular formula is C20H22N4O2. The molecule has 26 heavy (non-hydrogen) atoms. The van der Waals surface area contributed by atoms with Gasteiger partial charge in [-0.3, -0.25) is 9.36 Å². The van der Waals surface area contributed by atoms with Crippen LogP contribution in [0.25, 0.3) is 5.82 Å². The molecule has 134 valence electrons. The van der Waals surface area contributed by atoms with Crippen LogP contribution in [-0.4, -0.2) is 33.6 Å². The van der Waals surface area contributed by atoms with E-state index in [4.69, 9.17) is 4.74 Å². The Morgan fingerprint density at radius 3 is 2.77 bits per heavy atom. The van der Waals surface area contributed by atoms with Gasteiger partial charge in [0.1, 0.15) is 12.1 Å². The molecule has 0 aliphatic rings. The largest absolute Gasteiger partial charge is 0.374 e. The molecule has 3 rings (SSSR count). The van der Waals surface area contributed by atoms with Crippen molar-refractivity contribution in [2.24, 2.45) is 0 Å². The Morgan fingerprint density at radius 2 is 2.08 bits per heavy atom. The normalized spacial score (nSPS) is 11.9. The number of hydrogen-bond donors (Lipinski definition) is 1. The monoisotopic (exact) mass is 350 g/mol. The quantitative estimate of drug-likeness (QED) is 0.634. The molecule has 6 nitrogen and oxygen atoms in total. The zero-order valence-electron chi connectivity index (χ0n) is 14.7. The first-order valence-electron chi connectivity index (χ1n) is 8.63. The molecule has 0 fully saturated rings. The minimum Gasteiger partial charge on any atom is -0.374 e. The summed E-state index contributed by atoms with van der Waals surface area (Å²) < 4.78 is 7.58. The van der Waals surface area contributed by atoms with Crippen LogP contribution in [0.3, 0.4) is 0 Å². The number of amides is 1. The van der Waals surface area contributed by atoms with Crippen molar-refractivity contribution < 1.29 is 9.53 Å². The Bertz CT molecular complexity index is 802. The maximum atomic E-state index is 12.1. The molecule has 1 N–H and O–H groups in total. The second-order valence-electron chi connectivity index (χ2n) is 5.91. The highest BCUT2D eigenvalue weighted by atomic mass is 16.5. The Labute approximate surface area is 152 Å². The Hall–Kier alpha value is -2.99. The Kier molecular flexibility index (Phi) is 6.11. The second kappa shape index (κ2) is 8.92. The van der Waals surface area contributed by atoms with Gasteiger partial charge in [-0.1, -0.05) is 30.3 Å². The van der Waals surface area contributed by atoms with Crippen molar-refractivity contribution in [1.82, 2.24) is 19.9 Å². The summed E-state index contributed by atoms with van der Waals surface area (Å²) in [6.45, 7) is 3.18. The van der Waals surface area contributed by atoms with Crippen molar-refractivity contribution in [2.45, 2.75) is 19.4 Å². The molecule has 1 aromatic carbocycles. The van der Waals surface area contributed by atoms with Crippen LogP contribution in [0.4, 0.5) is 0 Å². The number of benzene rings is 1. The lowest BCUT2D eigenvalue weighted by Crippen LogP contribution is -2.25. The maximum Gasteiger partial charge on any atom is 0.252 e. The third-order valence-electron chi connectivity index (χ3n) is 4.02. The van der Waals surface area contributed by atoms with Crippen LogP contribution in [0, 0.1) is 0 Å². The Balaban J connectivity index is 1.39. The van der Waals surface area contributed by atoms with Crippen LogP contribution >= 0.6 is 0 Å². The van der Waals surface area contributed by atoms with E-state index in [0.29, 0.717) is 18.7 Å². The van der Waals surface area contributed by atoms with Gasteiger partial charge in [0.25, 0.3) is 5.91 Å².